The maximum Gasteiger partial charge on any atom is 0.124 e. The molecule has 2 aromatic rings. The number of hydrogen-bond acceptors (Lipinski definition) is 3. The lowest BCUT2D eigenvalue weighted by Gasteiger charge is -2.16. The van der Waals surface area contributed by atoms with E-state index in [9.17, 15) is 4.39 Å². The van der Waals surface area contributed by atoms with Crippen LogP contribution in [0.1, 0.15) is 29.9 Å². The monoisotopic (exact) mass is 326 g/mol. The number of halogens is 2. The Morgan fingerprint density at radius 1 is 1.42 bits per heavy atom. The van der Waals surface area contributed by atoms with Crippen molar-refractivity contribution in [2.24, 2.45) is 5.84 Å². The SMILES string of the molecule is CCc1occc1C(Cc1cc(F)cc(Br)c1)NN. The molecule has 0 saturated heterocycles. The summed E-state index contributed by atoms with van der Waals surface area (Å²) < 4.78 is 19.5. The van der Waals surface area contributed by atoms with Crippen molar-refractivity contribution in [2.75, 3.05) is 0 Å². The Kier molecular flexibility index (Phi) is 4.74. The fraction of sp³-hybridized carbons (Fsp3) is 0.286. The van der Waals surface area contributed by atoms with E-state index in [-0.39, 0.29) is 11.9 Å². The van der Waals surface area contributed by atoms with E-state index >= 15 is 0 Å². The Bertz CT molecular complexity index is 536. The highest BCUT2D eigenvalue weighted by atomic mass is 79.9. The number of aryl methyl sites for hydroxylation is 1. The predicted molar refractivity (Wildman–Crippen MR) is 76.0 cm³/mol. The molecule has 0 radical (unpaired) electrons. The number of hydrazine groups is 1. The second-order valence-corrected chi connectivity index (χ2v) is 5.27. The second-order valence-electron chi connectivity index (χ2n) is 4.35. The lowest BCUT2D eigenvalue weighted by atomic mass is 9.99. The zero-order valence-electron chi connectivity index (χ0n) is 10.6. The van der Waals surface area contributed by atoms with Crippen LogP contribution >= 0.6 is 15.9 Å². The fourth-order valence-corrected chi connectivity index (χ4v) is 2.68. The molecule has 102 valence electrons. The summed E-state index contributed by atoms with van der Waals surface area (Å²) in [6, 6.07) is 6.64. The van der Waals surface area contributed by atoms with Crippen LogP contribution in [0.25, 0.3) is 0 Å². The van der Waals surface area contributed by atoms with Crippen LogP contribution in [0.2, 0.25) is 0 Å². The Labute approximate surface area is 120 Å². The van der Waals surface area contributed by atoms with Gasteiger partial charge in [-0.05, 0) is 36.2 Å². The summed E-state index contributed by atoms with van der Waals surface area (Å²) in [7, 11) is 0. The number of rotatable bonds is 5. The quantitative estimate of drug-likeness (QED) is 0.653. The van der Waals surface area contributed by atoms with E-state index in [1.165, 1.54) is 12.1 Å². The van der Waals surface area contributed by atoms with Gasteiger partial charge in [0.15, 0.2) is 0 Å². The fourth-order valence-electron chi connectivity index (χ4n) is 2.17. The summed E-state index contributed by atoms with van der Waals surface area (Å²) in [6.07, 6.45) is 3.05. The largest absolute Gasteiger partial charge is 0.469 e. The summed E-state index contributed by atoms with van der Waals surface area (Å²) in [4.78, 5) is 0. The predicted octanol–water partition coefficient (Wildman–Crippen LogP) is 3.49. The molecule has 0 aliphatic heterocycles. The Morgan fingerprint density at radius 3 is 2.84 bits per heavy atom. The Balaban J connectivity index is 2.24. The molecular formula is C14H16BrFN2O. The van der Waals surface area contributed by atoms with Gasteiger partial charge < -0.3 is 4.42 Å². The van der Waals surface area contributed by atoms with Crippen molar-refractivity contribution in [1.82, 2.24) is 5.43 Å². The van der Waals surface area contributed by atoms with Crippen molar-refractivity contribution in [1.29, 1.82) is 0 Å². The maximum absolute atomic E-state index is 13.4. The normalized spacial score (nSPS) is 12.6. The van der Waals surface area contributed by atoms with Gasteiger partial charge in [0.1, 0.15) is 11.6 Å². The zero-order valence-corrected chi connectivity index (χ0v) is 12.2. The molecule has 5 heteroatoms. The lowest BCUT2D eigenvalue weighted by molar-refractivity contribution is 0.487. The van der Waals surface area contributed by atoms with Gasteiger partial charge in [0.05, 0.1) is 12.3 Å². The van der Waals surface area contributed by atoms with Crippen molar-refractivity contribution in [2.45, 2.75) is 25.8 Å². The van der Waals surface area contributed by atoms with Crippen LogP contribution in [0, 0.1) is 5.82 Å². The topological polar surface area (TPSA) is 51.2 Å². The number of nitrogens with two attached hydrogens (primary N) is 1. The smallest absolute Gasteiger partial charge is 0.124 e. The van der Waals surface area contributed by atoms with Gasteiger partial charge >= 0.3 is 0 Å². The summed E-state index contributed by atoms with van der Waals surface area (Å²) >= 11 is 3.29. The third-order valence-corrected chi connectivity index (χ3v) is 3.50. The molecule has 0 aliphatic rings. The first-order chi connectivity index (χ1) is 9.13. The molecule has 0 fully saturated rings. The van der Waals surface area contributed by atoms with Gasteiger partial charge in [-0.1, -0.05) is 22.9 Å². The van der Waals surface area contributed by atoms with E-state index in [1.807, 2.05) is 19.1 Å². The van der Waals surface area contributed by atoms with Crippen molar-refractivity contribution < 1.29 is 8.81 Å². The molecule has 19 heavy (non-hydrogen) atoms. The van der Waals surface area contributed by atoms with E-state index in [4.69, 9.17) is 10.3 Å². The van der Waals surface area contributed by atoms with Crippen LogP contribution in [-0.4, -0.2) is 0 Å². The molecule has 1 aromatic heterocycles. The molecule has 0 amide bonds. The van der Waals surface area contributed by atoms with Crippen molar-refractivity contribution in [3.05, 3.63) is 57.7 Å². The Morgan fingerprint density at radius 2 is 2.21 bits per heavy atom. The first kappa shape index (κ1) is 14.2. The molecule has 2 rings (SSSR count). The lowest BCUT2D eigenvalue weighted by Crippen LogP contribution is -2.30. The van der Waals surface area contributed by atoms with Gasteiger partial charge in [0.25, 0.3) is 0 Å². The van der Waals surface area contributed by atoms with Gasteiger partial charge in [-0.15, -0.1) is 0 Å². The van der Waals surface area contributed by atoms with Crippen LogP contribution in [-0.2, 0) is 12.8 Å². The number of hydrogen-bond donors (Lipinski definition) is 2. The average Bonchev–Trinajstić information content (AvgIpc) is 2.82. The molecule has 0 saturated carbocycles. The highest BCUT2D eigenvalue weighted by molar-refractivity contribution is 9.10. The second kappa shape index (κ2) is 6.32. The molecule has 1 heterocycles. The van der Waals surface area contributed by atoms with Gasteiger partial charge in [0, 0.05) is 16.5 Å². The Hall–Kier alpha value is -1.17. The van der Waals surface area contributed by atoms with E-state index in [0.717, 1.165) is 27.8 Å². The summed E-state index contributed by atoms with van der Waals surface area (Å²) in [5.41, 5.74) is 4.66. The highest BCUT2D eigenvalue weighted by Crippen LogP contribution is 2.25. The standard InChI is InChI=1S/C14H16BrFN2O/c1-2-14-12(3-4-19-14)13(18-17)7-9-5-10(15)8-11(16)6-9/h3-6,8,13,18H,2,7,17H2,1H3. The van der Waals surface area contributed by atoms with E-state index in [0.29, 0.717) is 6.42 Å². The molecule has 3 N–H and O–H groups in total. The third-order valence-electron chi connectivity index (χ3n) is 3.04. The minimum Gasteiger partial charge on any atom is -0.469 e. The molecule has 0 spiro atoms. The van der Waals surface area contributed by atoms with E-state index < -0.39 is 0 Å². The van der Waals surface area contributed by atoms with E-state index in [1.54, 1.807) is 6.26 Å². The molecule has 1 unspecified atom stereocenters. The van der Waals surface area contributed by atoms with Crippen LogP contribution < -0.4 is 11.3 Å². The van der Waals surface area contributed by atoms with Crippen molar-refractivity contribution in [3.8, 4) is 0 Å². The number of furan rings is 1. The maximum atomic E-state index is 13.4. The number of benzene rings is 1. The minimum atomic E-state index is -0.261. The average molecular weight is 327 g/mol. The zero-order chi connectivity index (χ0) is 13.8. The minimum absolute atomic E-state index is 0.0950. The van der Waals surface area contributed by atoms with Crippen molar-refractivity contribution in [3.63, 3.8) is 0 Å². The van der Waals surface area contributed by atoms with Gasteiger partial charge in [-0.25, -0.2) is 4.39 Å². The third kappa shape index (κ3) is 3.43. The van der Waals surface area contributed by atoms with Gasteiger partial charge in [0.2, 0.25) is 0 Å². The summed E-state index contributed by atoms with van der Waals surface area (Å²) in [6.45, 7) is 2.02. The molecule has 0 aliphatic carbocycles. The van der Waals surface area contributed by atoms with E-state index in [2.05, 4.69) is 21.4 Å². The summed E-state index contributed by atoms with van der Waals surface area (Å²) in [5.74, 6) is 6.25. The van der Waals surface area contributed by atoms with Crippen LogP contribution in [0.3, 0.4) is 0 Å². The first-order valence-electron chi connectivity index (χ1n) is 6.11. The molecular weight excluding hydrogens is 311 g/mol. The summed E-state index contributed by atoms with van der Waals surface area (Å²) in [5, 5.41) is 0. The molecule has 1 aromatic carbocycles. The number of nitrogens with one attached hydrogen (secondary N) is 1. The van der Waals surface area contributed by atoms with Crippen LogP contribution in [0.15, 0.2) is 39.4 Å². The molecule has 0 bridgehead atoms. The van der Waals surface area contributed by atoms with Gasteiger partial charge in [-0.3, -0.25) is 11.3 Å². The van der Waals surface area contributed by atoms with Crippen molar-refractivity contribution >= 4 is 15.9 Å². The molecule has 1 atom stereocenters. The van der Waals surface area contributed by atoms with Gasteiger partial charge in [-0.2, -0.15) is 0 Å². The van der Waals surface area contributed by atoms with Crippen LogP contribution in [0.5, 0.6) is 0 Å². The highest BCUT2D eigenvalue weighted by Gasteiger charge is 2.16. The molecule has 3 nitrogen and oxygen atoms in total. The first-order valence-corrected chi connectivity index (χ1v) is 6.90. The van der Waals surface area contributed by atoms with Crippen LogP contribution in [0.4, 0.5) is 4.39 Å².